The number of benzene rings is 1. The predicted molar refractivity (Wildman–Crippen MR) is 95.8 cm³/mol. The summed E-state index contributed by atoms with van der Waals surface area (Å²) in [6.45, 7) is 8.45. The van der Waals surface area contributed by atoms with Gasteiger partial charge in [-0.2, -0.15) is 5.10 Å². The van der Waals surface area contributed by atoms with Gasteiger partial charge >= 0.3 is 0 Å². The van der Waals surface area contributed by atoms with E-state index in [1.807, 2.05) is 32.0 Å². The topological polar surface area (TPSA) is 58.9 Å². The maximum atomic E-state index is 12.2. The van der Waals surface area contributed by atoms with Crippen molar-refractivity contribution in [2.75, 3.05) is 19.6 Å². The molecular weight excluding hydrogens is 312 g/mol. The van der Waals surface area contributed by atoms with Gasteiger partial charge in [0.25, 0.3) is 5.91 Å². The summed E-state index contributed by atoms with van der Waals surface area (Å²) in [6.07, 6.45) is 2.72. The first kappa shape index (κ1) is 19.2. The minimum absolute atomic E-state index is 0. The number of rotatable bonds is 7. The van der Waals surface area contributed by atoms with Crippen LogP contribution in [0.1, 0.15) is 35.0 Å². The SMILES string of the molecule is CCCNCCNC(=O)c1cnn(-c2cccc(C)c2)c1C.Cl. The van der Waals surface area contributed by atoms with Gasteiger partial charge < -0.3 is 10.6 Å². The first-order valence-electron chi connectivity index (χ1n) is 7.74. The van der Waals surface area contributed by atoms with Gasteiger partial charge in [-0.1, -0.05) is 19.1 Å². The molecule has 0 spiro atoms. The van der Waals surface area contributed by atoms with Crippen molar-refractivity contribution in [3.8, 4) is 5.69 Å². The number of nitrogens with zero attached hydrogens (tertiary/aromatic N) is 2. The molecule has 126 valence electrons. The summed E-state index contributed by atoms with van der Waals surface area (Å²) in [6, 6.07) is 8.07. The molecule has 23 heavy (non-hydrogen) atoms. The van der Waals surface area contributed by atoms with E-state index in [0.29, 0.717) is 12.1 Å². The van der Waals surface area contributed by atoms with Gasteiger partial charge in [-0.25, -0.2) is 4.68 Å². The molecule has 2 N–H and O–H groups in total. The molecule has 1 aromatic carbocycles. The predicted octanol–water partition coefficient (Wildman–Crippen LogP) is 2.64. The van der Waals surface area contributed by atoms with Gasteiger partial charge in [0.1, 0.15) is 0 Å². The first-order chi connectivity index (χ1) is 10.6. The molecule has 0 atom stereocenters. The molecule has 2 aromatic rings. The van der Waals surface area contributed by atoms with Gasteiger partial charge in [-0.3, -0.25) is 4.79 Å². The van der Waals surface area contributed by atoms with E-state index in [-0.39, 0.29) is 18.3 Å². The number of aromatic nitrogens is 2. The monoisotopic (exact) mass is 336 g/mol. The Hall–Kier alpha value is -1.85. The van der Waals surface area contributed by atoms with Crippen LogP contribution in [0.3, 0.4) is 0 Å². The Kier molecular flexibility index (Phi) is 7.78. The summed E-state index contributed by atoms with van der Waals surface area (Å²) in [5.74, 6) is -0.0744. The zero-order valence-corrected chi connectivity index (χ0v) is 14.7. The fraction of sp³-hybridized carbons (Fsp3) is 0.412. The average molecular weight is 337 g/mol. The molecule has 1 amide bonds. The lowest BCUT2D eigenvalue weighted by atomic mass is 10.2. The minimum atomic E-state index is -0.0744. The fourth-order valence-corrected chi connectivity index (χ4v) is 2.31. The third-order valence-corrected chi connectivity index (χ3v) is 3.51. The van der Waals surface area contributed by atoms with Crippen molar-refractivity contribution < 1.29 is 4.79 Å². The molecule has 6 heteroatoms. The minimum Gasteiger partial charge on any atom is -0.351 e. The van der Waals surface area contributed by atoms with E-state index in [2.05, 4.69) is 28.7 Å². The van der Waals surface area contributed by atoms with E-state index in [0.717, 1.165) is 30.9 Å². The summed E-state index contributed by atoms with van der Waals surface area (Å²) in [5, 5.41) is 10.5. The van der Waals surface area contributed by atoms with Crippen LogP contribution in [0, 0.1) is 13.8 Å². The van der Waals surface area contributed by atoms with Crippen molar-refractivity contribution in [3.63, 3.8) is 0 Å². The quantitative estimate of drug-likeness (QED) is 0.764. The Balaban J connectivity index is 0.00000264. The largest absolute Gasteiger partial charge is 0.351 e. The van der Waals surface area contributed by atoms with Gasteiger partial charge in [0.05, 0.1) is 23.1 Å². The number of amides is 1. The molecule has 0 unspecified atom stereocenters. The molecule has 0 saturated carbocycles. The van der Waals surface area contributed by atoms with Gasteiger partial charge in [-0.05, 0) is 44.5 Å². The van der Waals surface area contributed by atoms with Gasteiger partial charge in [0.15, 0.2) is 0 Å². The van der Waals surface area contributed by atoms with Crippen molar-refractivity contribution in [3.05, 3.63) is 47.3 Å². The molecule has 1 heterocycles. The lowest BCUT2D eigenvalue weighted by molar-refractivity contribution is 0.0953. The fourth-order valence-electron chi connectivity index (χ4n) is 2.31. The Morgan fingerprint density at radius 2 is 2.00 bits per heavy atom. The summed E-state index contributed by atoms with van der Waals surface area (Å²) >= 11 is 0. The molecular formula is C17H25ClN4O. The van der Waals surface area contributed by atoms with Gasteiger partial charge in [-0.15, -0.1) is 12.4 Å². The molecule has 5 nitrogen and oxygen atoms in total. The van der Waals surface area contributed by atoms with Crippen LogP contribution in [-0.4, -0.2) is 35.3 Å². The highest BCUT2D eigenvalue weighted by atomic mass is 35.5. The van der Waals surface area contributed by atoms with Crippen LogP contribution in [-0.2, 0) is 0 Å². The zero-order chi connectivity index (χ0) is 15.9. The molecule has 0 aliphatic carbocycles. The highest BCUT2D eigenvalue weighted by Gasteiger charge is 2.14. The average Bonchev–Trinajstić information content (AvgIpc) is 2.88. The normalized spacial score (nSPS) is 10.2. The van der Waals surface area contributed by atoms with Crippen LogP contribution < -0.4 is 10.6 Å². The molecule has 0 saturated heterocycles. The molecule has 0 fully saturated rings. The van der Waals surface area contributed by atoms with Crippen LogP contribution in [0.2, 0.25) is 0 Å². The van der Waals surface area contributed by atoms with Crippen molar-refractivity contribution >= 4 is 18.3 Å². The highest BCUT2D eigenvalue weighted by molar-refractivity contribution is 5.95. The Morgan fingerprint density at radius 3 is 2.70 bits per heavy atom. The third-order valence-electron chi connectivity index (χ3n) is 3.51. The van der Waals surface area contributed by atoms with E-state index in [4.69, 9.17) is 0 Å². The molecule has 0 radical (unpaired) electrons. The van der Waals surface area contributed by atoms with Crippen LogP contribution in [0.25, 0.3) is 5.69 Å². The number of aryl methyl sites for hydroxylation is 1. The maximum absolute atomic E-state index is 12.2. The number of hydrogen-bond donors (Lipinski definition) is 2. The summed E-state index contributed by atoms with van der Waals surface area (Å²) in [5.41, 5.74) is 3.61. The Bertz CT molecular complexity index is 639. The Labute approximate surface area is 143 Å². The van der Waals surface area contributed by atoms with Crippen LogP contribution in [0.5, 0.6) is 0 Å². The summed E-state index contributed by atoms with van der Waals surface area (Å²) < 4.78 is 1.80. The lowest BCUT2D eigenvalue weighted by Crippen LogP contribution is -2.32. The number of hydrogen-bond acceptors (Lipinski definition) is 3. The smallest absolute Gasteiger partial charge is 0.254 e. The van der Waals surface area contributed by atoms with Crippen molar-refractivity contribution in [2.45, 2.75) is 27.2 Å². The van der Waals surface area contributed by atoms with E-state index >= 15 is 0 Å². The molecule has 0 bridgehead atoms. The van der Waals surface area contributed by atoms with E-state index < -0.39 is 0 Å². The second-order valence-corrected chi connectivity index (χ2v) is 5.40. The Morgan fingerprint density at radius 1 is 1.22 bits per heavy atom. The van der Waals surface area contributed by atoms with Crippen molar-refractivity contribution in [1.82, 2.24) is 20.4 Å². The van der Waals surface area contributed by atoms with E-state index in [1.165, 1.54) is 5.56 Å². The van der Waals surface area contributed by atoms with E-state index in [1.54, 1.807) is 10.9 Å². The van der Waals surface area contributed by atoms with Crippen LogP contribution in [0.15, 0.2) is 30.5 Å². The summed E-state index contributed by atoms with van der Waals surface area (Å²) in [7, 11) is 0. The number of halogens is 1. The molecule has 1 aromatic heterocycles. The zero-order valence-electron chi connectivity index (χ0n) is 13.9. The highest BCUT2D eigenvalue weighted by Crippen LogP contribution is 2.15. The lowest BCUT2D eigenvalue weighted by Gasteiger charge is -2.07. The number of nitrogens with one attached hydrogen (secondary N) is 2. The summed E-state index contributed by atoms with van der Waals surface area (Å²) in [4.78, 5) is 12.2. The molecule has 0 aliphatic rings. The standard InChI is InChI=1S/C17H24N4O.ClH/c1-4-8-18-9-10-19-17(22)16-12-20-21(14(16)3)15-7-5-6-13(2)11-15;/h5-7,11-12,18H,4,8-10H2,1-3H3,(H,19,22);1H. The number of carbonyl (C=O) groups excluding carboxylic acids is 1. The van der Waals surface area contributed by atoms with Crippen molar-refractivity contribution in [1.29, 1.82) is 0 Å². The number of carbonyl (C=O) groups is 1. The molecule has 0 aliphatic heterocycles. The molecule has 2 rings (SSSR count). The van der Waals surface area contributed by atoms with Crippen LogP contribution >= 0.6 is 12.4 Å². The van der Waals surface area contributed by atoms with E-state index in [9.17, 15) is 4.79 Å². The second-order valence-electron chi connectivity index (χ2n) is 5.40. The second kappa shape index (κ2) is 9.33. The van der Waals surface area contributed by atoms with Crippen molar-refractivity contribution in [2.24, 2.45) is 0 Å². The maximum Gasteiger partial charge on any atom is 0.254 e. The van der Waals surface area contributed by atoms with Crippen LogP contribution in [0.4, 0.5) is 0 Å². The third kappa shape index (κ3) is 5.08. The van der Waals surface area contributed by atoms with Gasteiger partial charge in [0.2, 0.25) is 0 Å². The van der Waals surface area contributed by atoms with Gasteiger partial charge in [0, 0.05) is 13.1 Å². The first-order valence-corrected chi connectivity index (χ1v) is 7.74.